The average Bonchev–Trinajstić information content (AvgIpc) is 3.15. The minimum atomic E-state index is -0.952. The van der Waals surface area contributed by atoms with Crippen molar-refractivity contribution in [2.75, 3.05) is 0 Å². The molecule has 2 aromatic rings. The first-order chi connectivity index (χ1) is 15.1. The number of carbonyl (C=O) groups is 2. The maximum Gasteiger partial charge on any atom is 0.335 e. The summed E-state index contributed by atoms with van der Waals surface area (Å²) in [5.41, 5.74) is 3.01. The molecule has 0 unspecified atom stereocenters. The molecule has 1 amide bonds. The van der Waals surface area contributed by atoms with Gasteiger partial charge in [-0.3, -0.25) is 4.79 Å². The lowest BCUT2D eigenvalue weighted by Gasteiger charge is -2.54. The molecule has 0 radical (unpaired) electrons. The summed E-state index contributed by atoms with van der Waals surface area (Å²) in [6, 6.07) is 5.30. The fourth-order valence-corrected chi connectivity index (χ4v) is 6.84. The largest absolute Gasteiger partial charge is 0.478 e. The van der Waals surface area contributed by atoms with Gasteiger partial charge in [0.05, 0.1) is 28.7 Å². The normalized spacial score (nSPS) is 28.7. The highest BCUT2D eigenvalue weighted by Crippen LogP contribution is 2.53. The van der Waals surface area contributed by atoms with Crippen molar-refractivity contribution >= 4 is 11.9 Å². The topological polar surface area (TPSA) is 84.2 Å². The van der Waals surface area contributed by atoms with Crippen LogP contribution < -0.4 is 5.32 Å². The molecule has 0 saturated heterocycles. The molecule has 4 bridgehead atoms. The summed E-state index contributed by atoms with van der Waals surface area (Å²) < 4.78 is 1.81. The number of nitrogens with zero attached hydrogens (tertiary/aromatic N) is 2. The number of benzene rings is 1. The van der Waals surface area contributed by atoms with Crippen molar-refractivity contribution in [3.8, 4) is 5.69 Å². The van der Waals surface area contributed by atoms with Gasteiger partial charge in [-0.05, 0) is 86.5 Å². The Morgan fingerprint density at radius 3 is 2.22 bits per heavy atom. The number of nitrogens with one attached hydrogen (secondary N) is 1. The lowest BCUT2D eigenvalue weighted by molar-refractivity contribution is -0.0119. The van der Waals surface area contributed by atoms with Crippen molar-refractivity contribution in [2.45, 2.75) is 71.3 Å². The summed E-state index contributed by atoms with van der Waals surface area (Å²) in [5.74, 6) is 2.00. The minimum absolute atomic E-state index is 0.0292. The highest BCUT2D eigenvalue weighted by atomic mass is 16.4. The van der Waals surface area contributed by atoms with Crippen molar-refractivity contribution in [1.82, 2.24) is 15.1 Å². The van der Waals surface area contributed by atoms with Crippen molar-refractivity contribution in [3.05, 3.63) is 46.8 Å². The van der Waals surface area contributed by atoms with Gasteiger partial charge in [0.25, 0.3) is 5.91 Å². The van der Waals surface area contributed by atoms with Crippen LogP contribution in [0.5, 0.6) is 0 Å². The van der Waals surface area contributed by atoms with E-state index in [0.717, 1.165) is 28.8 Å². The summed E-state index contributed by atoms with van der Waals surface area (Å²) in [6.45, 7) is 8.13. The number of aromatic nitrogens is 2. The van der Waals surface area contributed by atoms with Gasteiger partial charge >= 0.3 is 5.97 Å². The van der Waals surface area contributed by atoms with E-state index >= 15 is 0 Å². The molecule has 1 aromatic carbocycles. The molecular weight excluding hydrogens is 402 g/mol. The molecule has 4 aliphatic rings. The van der Waals surface area contributed by atoms with Crippen LogP contribution in [0.4, 0.5) is 0 Å². The Morgan fingerprint density at radius 1 is 1.06 bits per heavy atom. The Balaban J connectivity index is 1.47. The number of hydrogen-bond acceptors (Lipinski definition) is 3. The molecule has 32 heavy (non-hydrogen) atoms. The first-order valence-corrected chi connectivity index (χ1v) is 11.9. The average molecular weight is 436 g/mol. The monoisotopic (exact) mass is 435 g/mol. The number of carboxylic acid groups (broad SMARTS) is 1. The van der Waals surface area contributed by atoms with Crippen LogP contribution in [0.25, 0.3) is 5.69 Å². The zero-order valence-corrected chi connectivity index (χ0v) is 19.4. The number of carbonyl (C=O) groups excluding carboxylic acids is 1. The summed E-state index contributed by atoms with van der Waals surface area (Å²) in [7, 11) is 0. The van der Waals surface area contributed by atoms with E-state index in [9.17, 15) is 14.7 Å². The fourth-order valence-electron chi connectivity index (χ4n) is 6.84. The Labute approximate surface area is 189 Å². The van der Waals surface area contributed by atoms with Crippen LogP contribution in [0.3, 0.4) is 0 Å². The third kappa shape index (κ3) is 3.54. The van der Waals surface area contributed by atoms with Crippen LogP contribution in [0.1, 0.15) is 84.8 Å². The summed E-state index contributed by atoms with van der Waals surface area (Å²) in [5, 5.41) is 17.3. The lowest BCUT2D eigenvalue weighted by atomic mass is 9.54. The third-order valence-corrected chi connectivity index (χ3v) is 7.92. The van der Waals surface area contributed by atoms with Gasteiger partial charge in [0.2, 0.25) is 0 Å². The van der Waals surface area contributed by atoms with Crippen molar-refractivity contribution in [2.24, 2.45) is 23.7 Å². The molecule has 2 N–H and O–H groups in total. The predicted molar refractivity (Wildman–Crippen MR) is 122 cm³/mol. The number of rotatable bonds is 4. The first-order valence-electron chi connectivity index (χ1n) is 11.9. The van der Waals surface area contributed by atoms with E-state index in [1.807, 2.05) is 11.6 Å². The molecule has 0 atom stereocenters. The number of amides is 1. The van der Waals surface area contributed by atoms with Gasteiger partial charge in [0.1, 0.15) is 0 Å². The molecule has 0 spiro atoms. The molecule has 6 nitrogen and oxygen atoms in total. The van der Waals surface area contributed by atoms with E-state index in [1.54, 1.807) is 24.4 Å². The molecular formula is C26H33N3O3. The predicted octanol–water partition coefficient (Wildman–Crippen LogP) is 4.73. The molecule has 6 heteroatoms. The van der Waals surface area contributed by atoms with E-state index in [1.165, 1.54) is 32.1 Å². The van der Waals surface area contributed by atoms with E-state index in [-0.39, 0.29) is 22.9 Å². The maximum atomic E-state index is 13.5. The van der Waals surface area contributed by atoms with Crippen LogP contribution in [0, 0.1) is 30.6 Å². The fraction of sp³-hybridized carbons (Fsp3) is 0.577. The molecule has 6 rings (SSSR count). The summed E-state index contributed by atoms with van der Waals surface area (Å²) in [6.07, 6.45) is 8.12. The Kier molecular flexibility index (Phi) is 4.95. The van der Waals surface area contributed by atoms with Gasteiger partial charge in [-0.1, -0.05) is 20.8 Å². The van der Waals surface area contributed by atoms with Gasteiger partial charge in [-0.25, -0.2) is 9.48 Å². The van der Waals surface area contributed by atoms with Crippen LogP contribution in [-0.4, -0.2) is 32.8 Å². The van der Waals surface area contributed by atoms with Gasteiger partial charge in [0, 0.05) is 11.5 Å². The van der Waals surface area contributed by atoms with Gasteiger partial charge in [-0.15, -0.1) is 0 Å². The SMILES string of the molecule is Cc1cc(C(=O)O)ccc1-n1ncc(C(=O)NC2C3CC4CC(C3)CC2C4)c1C(C)(C)C. The van der Waals surface area contributed by atoms with Crippen LogP contribution >= 0.6 is 0 Å². The second-order valence-corrected chi connectivity index (χ2v) is 11.3. The van der Waals surface area contributed by atoms with Crippen molar-refractivity contribution in [1.29, 1.82) is 0 Å². The van der Waals surface area contributed by atoms with Crippen molar-refractivity contribution in [3.63, 3.8) is 0 Å². The second-order valence-electron chi connectivity index (χ2n) is 11.3. The van der Waals surface area contributed by atoms with E-state index < -0.39 is 5.97 Å². The quantitative estimate of drug-likeness (QED) is 0.727. The smallest absolute Gasteiger partial charge is 0.335 e. The van der Waals surface area contributed by atoms with Crippen LogP contribution in [0.2, 0.25) is 0 Å². The Morgan fingerprint density at radius 2 is 1.69 bits per heavy atom. The van der Waals surface area contributed by atoms with Crippen LogP contribution in [0.15, 0.2) is 24.4 Å². The zero-order valence-electron chi connectivity index (χ0n) is 19.4. The highest BCUT2D eigenvalue weighted by Gasteiger charge is 2.48. The molecule has 1 aromatic heterocycles. The van der Waals surface area contributed by atoms with E-state index in [2.05, 4.69) is 31.2 Å². The Hall–Kier alpha value is -2.63. The minimum Gasteiger partial charge on any atom is -0.478 e. The summed E-state index contributed by atoms with van der Waals surface area (Å²) in [4.78, 5) is 24.9. The second kappa shape index (κ2) is 7.46. The molecule has 4 fully saturated rings. The van der Waals surface area contributed by atoms with E-state index in [4.69, 9.17) is 0 Å². The van der Waals surface area contributed by atoms with E-state index in [0.29, 0.717) is 17.4 Å². The molecule has 0 aliphatic heterocycles. The summed E-state index contributed by atoms with van der Waals surface area (Å²) >= 11 is 0. The Bertz CT molecular complexity index is 1050. The van der Waals surface area contributed by atoms with Gasteiger partial charge in [0.15, 0.2) is 0 Å². The molecule has 1 heterocycles. The lowest BCUT2D eigenvalue weighted by Crippen LogP contribution is -2.55. The number of aryl methyl sites for hydroxylation is 1. The van der Waals surface area contributed by atoms with Crippen LogP contribution in [-0.2, 0) is 5.41 Å². The number of aromatic carboxylic acids is 1. The molecule has 170 valence electrons. The van der Waals surface area contributed by atoms with Gasteiger partial charge in [-0.2, -0.15) is 5.10 Å². The zero-order chi connectivity index (χ0) is 22.8. The van der Waals surface area contributed by atoms with Gasteiger partial charge < -0.3 is 10.4 Å². The standard InChI is InChI=1S/C26H33N3O3/c1-14-7-17(25(31)32)5-6-21(14)29-23(26(2,3)4)20(13-27-29)24(30)28-22-18-9-15-8-16(11-18)12-19(22)10-15/h5-7,13,15-16,18-19,22H,8-12H2,1-4H3,(H,28,30)(H,31,32). The first kappa shape index (κ1) is 21.2. The molecule has 4 aliphatic carbocycles. The molecule has 4 saturated carbocycles. The third-order valence-electron chi connectivity index (χ3n) is 7.92. The number of hydrogen-bond donors (Lipinski definition) is 2. The highest BCUT2D eigenvalue weighted by molar-refractivity contribution is 5.96. The van der Waals surface area contributed by atoms with Crippen molar-refractivity contribution < 1.29 is 14.7 Å². The number of carboxylic acids is 1. The maximum absolute atomic E-state index is 13.5.